The van der Waals surface area contributed by atoms with Gasteiger partial charge in [0.25, 0.3) is 0 Å². The van der Waals surface area contributed by atoms with Crippen LogP contribution in [0.1, 0.15) is 12.8 Å². The number of thiazole rings is 1. The average molecular weight is 468 g/mol. The van der Waals surface area contributed by atoms with E-state index in [0.717, 1.165) is 21.0 Å². The van der Waals surface area contributed by atoms with Crippen molar-refractivity contribution in [2.45, 2.75) is 23.8 Å². The summed E-state index contributed by atoms with van der Waals surface area (Å²) in [4.78, 5) is 17.8. The monoisotopic (exact) mass is 467 g/mol. The number of ether oxygens (including phenoxy) is 1. The van der Waals surface area contributed by atoms with Gasteiger partial charge in [-0.2, -0.15) is 4.31 Å². The van der Waals surface area contributed by atoms with E-state index in [-0.39, 0.29) is 10.8 Å². The molecule has 1 saturated heterocycles. The van der Waals surface area contributed by atoms with Gasteiger partial charge in [0.1, 0.15) is 11.8 Å². The maximum Gasteiger partial charge on any atom is 0.244 e. The lowest BCUT2D eigenvalue weighted by molar-refractivity contribution is -0.119. The van der Waals surface area contributed by atoms with Crippen LogP contribution in [0.25, 0.3) is 21.0 Å². The van der Waals surface area contributed by atoms with Gasteiger partial charge in [-0.05, 0) is 48.6 Å². The van der Waals surface area contributed by atoms with Crippen molar-refractivity contribution in [3.05, 3.63) is 60.7 Å². The third kappa shape index (κ3) is 3.62. The molecule has 1 aliphatic heterocycles. The number of hydrogen-bond donors (Lipinski definition) is 1. The lowest BCUT2D eigenvalue weighted by Crippen LogP contribution is -2.43. The third-order valence-electron chi connectivity index (χ3n) is 5.68. The van der Waals surface area contributed by atoms with E-state index in [1.165, 1.54) is 34.9 Å². The first kappa shape index (κ1) is 20.9. The standard InChI is InChI=1S/C23H21N3O4S2/c1-30-16-9-11-17(12-10-16)32(28,29)26-14-4-7-20(26)22(27)25-23-24-19-13-8-15-5-2-3-6-18(15)21(19)31-23/h2-3,5-6,8-13,20H,4,7,14H2,1H3,(H,24,25,27). The van der Waals surface area contributed by atoms with Crippen LogP contribution in [0.15, 0.2) is 65.6 Å². The normalized spacial score (nSPS) is 17.1. The molecule has 0 aliphatic carbocycles. The van der Waals surface area contributed by atoms with E-state index >= 15 is 0 Å². The van der Waals surface area contributed by atoms with Gasteiger partial charge >= 0.3 is 0 Å². The molecule has 164 valence electrons. The van der Waals surface area contributed by atoms with Crippen LogP contribution >= 0.6 is 11.3 Å². The number of aromatic nitrogens is 1. The molecule has 1 atom stereocenters. The third-order valence-corrected chi connectivity index (χ3v) is 8.62. The van der Waals surface area contributed by atoms with Crippen LogP contribution in [0.4, 0.5) is 5.13 Å². The number of amides is 1. The summed E-state index contributed by atoms with van der Waals surface area (Å²) in [5.74, 6) is 0.214. The molecule has 1 unspecified atom stereocenters. The summed E-state index contributed by atoms with van der Waals surface area (Å²) in [5.41, 5.74) is 0.804. The summed E-state index contributed by atoms with van der Waals surface area (Å²) >= 11 is 1.40. The molecule has 1 amide bonds. The Morgan fingerprint density at radius 1 is 1.12 bits per heavy atom. The fraction of sp³-hybridized carbons (Fsp3) is 0.217. The largest absolute Gasteiger partial charge is 0.497 e. The Kier molecular flexibility index (Phi) is 5.32. The molecule has 32 heavy (non-hydrogen) atoms. The maximum absolute atomic E-state index is 13.2. The molecule has 1 aromatic heterocycles. The number of anilines is 1. The van der Waals surface area contributed by atoms with E-state index < -0.39 is 16.1 Å². The molecule has 2 heterocycles. The van der Waals surface area contributed by atoms with Gasteiger partial charge in [-0.25, -0.2) is 13.4 Å². The van der Waals surface area contributed by atoms with Crippen molar-refractivity contribution in [2.75, 3.05) is 19.0 Å². The molecule has 0 saturated carbocycles. The van der Waals surface area contributed by atoms with E-state index in [1.54, 1.807) is 12.1 Å². The zero-order valence-corrected chi connectivity index (χ0v) is 18.9. The zero-order valence-electron chi connectivity index (χ0n) is 17.3. The van der Waals surface area contributed by atoms with Gasteiger partial charge in [0.15, 0.2) is 5.13 Å². The molecule has 1 fully saturated rings. The number of nitrogens with one attached hydrogen (secondary N) is 1. The van der Waals surface area contributed by atoms with E-state index in [1.807, 2.05) is 36.4 Å². The van der Waals surface area contributed by atoms with E-state index in [4.69, 9.17) is 4.74 Å². The van der Waals surface area contributed by atoms with E-state index in [0.29, 0.717) is 30.3 Å². The second kappa shape index (κ2) is 8.16. The predicted molar refractivity (Wildman–Crippen MR) is 126 cm³/mol. The zero-order chi connectivity index (χ0) is 22.3. The number of hydrogen-bond acceptors (Lipinski definition) is 6. The summed E-state index contributed by atoms with van der Waals surface area (Å²) in [6.45, 7) is 0.303. The molecule has 7 nitrogen and oxygen atoms in total. The van der Waals surface area contributed by atoms with Gasteiger partial charge < -0.3 is 10.1 Å². The molecule has 3 aromatic carbocycles. The fourth-order valence-electron chi connectivity index (χ4n) is 4.07. The summed E-state index contributed by atoms with van der Waals surface area (Å²) in [5, 5.41) is 5.50. The maximum atomic E-state index is 13.2. The van der Waals surface area contributed by atoms with Crippen molar-refractivity contribution >= 4 is 53.4 Å². The topological polar surface area (TPSA) is 88.6 Å². The first-order chi connectivity index (χ1) is 15.5. The van der Waals surface area contributed by atoms with Gasteiger partial charge in [-0.3, -0.25) is 4.79 Å². The smallest absolute Gasteiger partial charge is 0.244 e. The van der Waals surface area contributed by atoms with Gasteiger partial charge in [-0.15, -0.1) is 0 Å². The average Bonchev–Trinajstić information content (AvgIpc) is 3.46. The molecular formula is C23H21N3O4S2. The highest BCUT2D eigenvalue weighted by Gasteiger charge is 2.39. The number of carbonyl (C=O) groups is 1. The van der Waals surface area contributed by atoms with Crippen LogP contribution in [0, 0.1) is 0 Å². The van der Waals surface area contributed by atoms with E-state index in [2.05, 4.69) is 10.3 Å². The van der Waals surface area contributed by atoms with Crippen LogP contribution in [-0.2, 0) is 14.8 Å². The summed E-state index contributed by atoms with van der Waals surface area (Å²) in [7, 11) is -2.28. The highest BCUT2D eigenvalue weighted by molar-refractivity contribution is 7.89. The minimum Gasteiger partial charge on any atom is -0.497 e. The van der Waals surface area contributed by atoms with Gasteiger partial charge in [0.2, 0.25) is 15.9 Å². The van der Waals surface area contributed by atoms with Gasteiger partial charge in [0, 0.05) is 11.9 Å². The number of carbonyl (C=O) groups excluding carboxylic acids is 1. The number of methoxy groups -OCH3 is 1. The van der Waals surface area contributed by atoms with Crippen LogP contribution in [0.5, 0.6) is 5.75 Å². The number of nitrogens with zero attached hydrogens (tertiary/aromatic N) is 2. The number of rotatable bonds is 5. The lowest BCUT2D eigenvalue weighted by atomic mass is 10.1. The van der Waals surface area contributed by atoms with Gasteiger partial charge in [-0.1, -0.05) is 41.7 Å². The SMILES string of the molecule is COc1ccc(S(=O)(=O)N2CCCC2C(=O)Nc2nc3ccc4ccccc4c3s2)cc1. The Morgan fingerprint density at radius 3 is 2.69 bits per heavy atom. The summed E-state index contributed by atoms with van der Waals surface area (Å²) < 4.78 is 33.7. The van der Waals surface area contributed by atoms with Crippen molar-refractivity contribution in [2.24, 2.45) is 0 Å². The fourth-order valence-corrected chi connectivity index (χ4v) is 6.73. The van der Waals surface area contributed by atoms with Crippen molar-refractivity contribution in [3.63, 3.8) is 0 Å². The molecule has 0 radical (unpaired) electrons. The minimum absolute atomic E-state index is 0.143. The highest BCUT2D eigenvalue weighted by Crippen LogP contribution is 2.34. The van der Waals surface area contributed by atoms with Crippen molar-refractivity contribution in [3.8, 4) is 5.75 Å². The second-order valence-corrected chi connectivity index (χ2v) is 10.5. The highest BCUT2D eigenvalue weighted by atomic mass is 32.2. The Labute approximate surface area is 189 Å². The number of sulfonamides is 1. The lowest BCUT2D eigenvalue weighted by Gasteiger charge is -2.23. The first-order valence-corrected chi connectivity index (χ1v) is 12.5. The number of fused-ring (bicyclic) bond motifs is 3. The molecule has 0 bridgehead atoms. The molecule has 9 heteroatoms. The molecule has 5 rings (SSSR count). The summed E-state index contributed by atoms with van der Waals surface area (Å²) in [6, 6.07) is 17.4. The molecule has 0 spiro atoms. The van der Waals surface area contributed by atoms with Crippen molar-refractivity contribution < 1.29 is 17.9 Å². The second-order valence-electron chi connectivity index (χ2n) is 7.59. The van der Waals surface area contributed by atoms with Crippen molar-refractivity contribution in [1.82, 2.24) is 9.29 Å². The van der Waals surface area contributed by atoms with Crippen LogP contribution in [-0.4, -0.2) is 43.3 Å². The van der Waals surface area contributed by atoms with Crippen LogP contribution in [0.2, 0.25) is 0 Å². The van der Waals surface area contributed by atoms with Crippen LogP contribution in [0.3, 0.4) is 0 Å². The molecule has 4 aromatic rings. The Bertz CT molecular complexity index is 1410. The van der Waals surface area contributed by atoms with Gasteiger partial charge in [0.05, 0.1) is 22.2 Å². The Balaban J connectivity index is 1.40. The first-order valence-electron chi connectivity index (χ1n) is 10.2. The molecule has 1 aliphatic rings. The van der Waals surface area contributed by atoms with Crippen molar-refractivity contribution in [1.29, 1.82) is 0 Å². The molecule has 1 N–H and O–H groups in total. The van der Waals surface area contributed by atoms with Crippen LogP contribution < -0.4 is 10.1 Å². The molecular weight excluding hydrogens is 446 g/mol. The number of benzene rings is 3. The predicted octanol–water partition coefficient (Wildman–Crippen LogP) is 4.25. The minimum atomic E-state index is -3.80. The Morgan fingerprint density at radius 2 is 1.91 bits per heavy atom. The van der Waals surface area contributed by atoms with E-state index in [9.17, 15) is 13.2 Å². The summed E-state index contributed by atoms with van der Waals surface area (Å²) in [6.07, 6.45) is 1.09. The quantitative estimate of drug-likeness (QED) is 0.474. The Hall–Kier alpha value is -3.01.